The smallest absolute Gasteiger partial charge is 0.270 e. The monoisotopic (exact) mass is 279 g/mol. The third-order valence-corrected chi connectivity index (χ3v) is 3.25. The van der Waals surface area contributed by atoms with Gasteiger partial charge in [0.25, 0.3) is 11.5 Å². The van der Waals surface area contributed by atoms with Crippen LogP contribution in [0.3, 0.4) is 0 Å². The van der Waals surface area contributed by atoms with E-state index in [2.05, 4.69) is 34.6 Å². The Morgan fingerprint density at radius 3 is 2.40 bits per heavy atom. The van der Waals surface area contributed by atoms with Crippen LogP contribution < -0.4 is 16.8 Å². The first kappa shape index (κ1) is 16.4. The van der Waals surface area contributed by atoms with Crippen molar-refractivity contribution in [2.24, 2.45) is 11.8 Å². The average Bonchev–Trinajstić information content (AvgIpc) is 2.34. The standard InChI is InChI=1S/C15H25N3O2/c1-10(2)8-9-18-12(15(3,4)5)7-6-11(14(18)20)13(19)17-16/h6-7,10H,8-9,16H2,1-5H3,(H,17,19). The van der Waals surface area contributed by atoms with Gasteiger partial charge in [0.05, 0.1) is 0 Å². The molecule has 0 unspecified atom stereocenters. The molecule has 5 nitrogen and oxygen atoms in total. The Balaban J connectivity index is 3.38. The van der Waals surface area contributed by atoms with Gasteiger partial charge in [0.1, 0.15) is 5.56 Å². The van der Waals surface area contributed by atoms with Crippen molar-refractivity contribution < 1.29 is 4.79 Å². The highest BCUT2D eigenvalue weighted by molar-refractivity contribution is 5.93. The molecule has 3 N–H and O–H groups in total. The van der Waals surface area contributed by atoms with Crippen molar-refractivity contribution in [3.63, 3.8) is 0 Å². The number of nitrogens with zero attached hydrogens (tertiary/aromatic N) is 1. The maximum absolute atomic E-state index is 12.5. The second-order valence-electron chi connectivity index (χ2n) is 6.50. The van der Waals surface area contributed by atoms with E-state index >= 15 is 0 Å². The lowest BCUT2D eigenvalue weighted by Gasteiger charge is -2.25. The summed E-state index contributed by atoms with van der Waals surface area (Å²) in [7, 11) is 0. The second-order valence-corrected chi connectivity index (χ2v) is 6.50. The van der Waals surface area contributed by atoms with E-state index in [0.717, 1.165) is 12.1 Å². The summed E-state index contributed by atoms with van der Waals surface area (Å²) in [5.41, 5.74) is 2.60. The maximum atomic E-state index is 12.5. The molecule has 0 spiro atoms. The first-order valence-electron chi connectivity index (χ1n) is 6.93. The number of nitrogens with two attached hydrogens (primary N) is 1. The zero-order valence-corrected chi connectivity index (χ0v) is 13.0. The van der Waals surface area contributed by atoms with Crippen molar-refractivity contribution in [1.82, 2.24) is 9.99 Å². The van der Waals surface area contributed by atoms with Gasteiger partial charge in [0.15, 0.2) is 0 Å². The third-order valence-electron chi connectivity index (χ3n) is 3.25. The average molecular weight is 279 g/mol. The summed E-state index contributed by atoms with van der Waals surface area (Å²) in [5.74, 6) is 5.06. The van der Waals surface area contributed by atoms with Crippen LogP contribution in [0, 0.1) is 5.92 Å². The SMILES string of the molecule is CC(C)CCn1c(C(C)(C)C)ccc(C(=O)NN)c1=O. The van der Waals surface area contributed by atoms with Gasteiger partial charge in [-0.15, -0.1) is 0 Å². The van der Waals surface area contributed by atoms with Crippen molar-refractivity contribution >= 4 is 5.91 Å². The fraction of sp³-hybridized carbons (Fsp3) is 0.600. The molecule has 0 aromatic carbocycles. The van der Waals surface area contributed by atoms with Gasteiger partial charge in [-0.05, 0) is 24.5 Å². The van der Waals surface area contributed by atoms with Crippen molar-refractivity contribution in [3.05, 3.63) is 33.7 Å². The van der Waals surface area contributed by atoms with Crippen LogP contribution in [0.2, 0.25) is 0 Å². The summed E-state index contributed by atoms with van der Waals surface area (Å²) in [5, 5.41) is 0. The minimum absolute atomic E-state index is 0.0873. The van der Waals surface area contributed by atoms with Gasteiger partial charge in [-0.2, -0.15) is 0 Å². The van der Waals surface area contributed by atoms with E-state index in [9.17, 15) is 9.59 Å². The van der Waals surface area contributed by atoms with E-state index in [4.69, 9.17) is 5.84 Å². The van der Waals surface area contributed by atoms with Crippen LogP contribution in [0.25, 0.3) is 0 Å². The predicted molar refractivity (Wildman–Crippen MR) is 80.5 cm³/mol. The molecule has 0 atom stereocenters. The lowest BCUT2D eigenvalue weighted by atomic mass is 9.90. The zero-order chi connectivity index (χ0) is 15.5. The molecule has 0 bridgehead atoms. The Hall–Kier alpha value is -1.62. The molecular weight excluding hydrogens is 254 g/mol. The summed E-state index contributed by atoms with van der Waals surface area (Å²) in [4.78, 5) is 24.1. The quantitative estimate of drug-likeness (QED) is 0.501. The largest absolute Gasteiger partial charge is 0.311 e. The maximum Gasteiger partial charge on any atom is 0.270 e. The molecule has 0 aliphatic rings. The summed E-state index contributed by atoms with van der Waals surface area (Å²) in [6, 6.07) is 3.39. The molecule has 0 saturated carbocycles. The fourth-order valence-electron chi connectivity index (χ4n) is 2.09. The van der Waals surface area contributed by atoms with Crippen LogP contribution in [-0.4, -0.2) is 10.5 Å². The molecule has 0 aliphatic heterocycles. The third kappa shape index (κ3) is 3.70. The zero-order valence-electron chi connectivity index (χ0n) is 13.0. The van der Waals surface area contributed by atoms with Gasteiger partial charge in [0, 0.05) is 17.7 Å². The molecule has 0 fully saturated rings. The van der Waals surface area contributed by atoms with E-state index in [0.29, 0.717) is 12.5 Å². The van der Waals surface area contributed by atoms with Crippen LogP contribution in [0.1, 0.15) is 57.1 Å². The minimum atomic E-state index is -0.547. The number of rotatable bonds is 4. The van der Waals surface area contributed by atoms with Crippen LogP contribution >= 0.6 is 0 Å². The molecule has 1 aromatic rings. The number of hydrogen-bond donors (Lipinski definition) is 2. The lowest BCUT2D eigenvalue weighted by Crippen LogP contribution is -2.39. The summed E-state index contributed by atoms with van der Waals surface area (Å²) < 4.78 is 1.70. The topological polar surface area (TPSA) is 77.1 Å². The molecule has 5 heteroatoms. The van der Waals surface area contributed by atoms with Gasteiger partial charge in [-0.25, -0.2) is 5.84 Å². The first-order chi connectivity index (χ1) is 9.18. The van der Waals surface area contributed by atoms with Gasteiger partial charge in [0.2, 0.25) is 0 Å². The first-order valence-corrected chi connectivity index (χ1v) is 6.93. The van der Waals surface area contributed by atoms with Crippen LogP contribution in [0.5, 0.6) is 0 Å². The Morgan fingerprint density at radius 2 is 1.95 bits per heavy atom. The van der Waals surface area contributed by atoms with E-state index in [-0.39, 0.29) is 16.5 Å². The molecule has 112 valence electrons. The summed E-state index contributed by atoms with van der Waals surface area (Å²) in [6.45, 7) is 11.0. The highest BCUT2D eigenvalue weighted by Gasteiger charge is 2.22. The second kappa shape index (κ2) is 6.22. The number of carbonyl (C=O) groups is 1. The highest BCUT2D eigenvalue weighted by atomic mass is 16.2. The minimum Gasteiger partial charge on any atom is -0.311 e. The Bertz CT molecular complexity index is 539. The summed E-state index contributed by atoms with van der Waals surface area (Å²) in [6.07, 6.45) is 0.886. The normalized spacial score (nSPS) is 11.8. The van der Waals surface area contributed by atoms with Gasteiger partial charge < -0.3 is 4.57 Å². The molecule has 0 saturated heterocycles. The van der Waals surface area contributed by atoms with E-state index in [1.165, 1.54) is 0 Å². The highest BCUT2D eigenvalue weighted by Crippen LogP contribution is 2.21. The predicted octanol–water partition coefficient (Wildman–Crippen LogP) is 1.80. The van der Waals surface area contributed by atoms with Crippen LogP contribution in [0.4, 0.5) is 0 Å². The van der Waals surface area contributed by atoms with Crippen LogP contribution in [-0.2, 0) is 12.0 Å². The summed E-state index contributed by atoms with van der Waals surface area (Å²) >= 11 is 0. The molecule has 1 aromatic heterocycles. The number of hydrogen-bond acceptors (Lipinski definition) is 3. The number of amides is 1. The molecule has 1 amide bonds. The van der Waals surface area contributed by atoms with Gasteiger partial charge in [-0.1, -0.05) is 34.6 Å². The Morgan fingerprint density at radius 1 is 1.35 bits per heavy atom. The van der Waals surface area contributed by atoms with Crippen LogP contribution in [0.15, 0.2) is 16.9 Å². The molecule has 0 aliphatic carbocycles. The van der Waals surface area contributed by atoms with Crippen molar-refractivity contribution in [2.75, 3.05) is 0 Å². The van der Waals surface area contributed by atoms with E-state index < -0.39 is 5.91 Å². The van der Waals surface area contributed by atoms with Crippen molar-refractivity contribution in [2.45, 2.75) is 53.0 Å². The Labute approximate surface area is 120 Å². The molecule has 1 rings (SSSR count). The number of aromatic nitrogens is 1. The number of carbonyl (C=O) groups excluding carboxylic acids is 1. The van der Waals surface area contributed by atoms with E-state index in [1.807, 2.05) is 11.5 Å². The van der Waals surface area contributed by atoms with E-state index in [1.54, 1.807) is 10.6 Å². The molecule has 1 heterocycles. The number of nitrogen functional groups attached to an aromatic ring is 1. The lowest BCUT2D eigenvalue weighted by molar-refractivity contribution is 0.0951. The fourth-order valence-corrected chi connectivity index (χ4v) is 2.09. The Kier molecular flexibility index (Phi) is 5.11. The number of hydrazine groups is 1. The number of pyridine rings is 1. The molecule has 0 radical (unpaired) electrons. The van der Waals surface area contributed by atoms with Crippen molar-refractivity contribution in [1.29, 1.82) is 0 Å². The molecular formula is C15H25N3O2. The van der Waals surface area contributed by atoms with Crippen molar-refractivity contribution in [3.8, 4) is 0 Å². The van der Waals surface area contributed by atoms with Gasteiger partial charge >= 0.3 is 0 Å². The van der Waals surface area contributed by atoms with Gasteiger partial charge in [-0.3, -0.25) is 15.0 Å². The number of nitrogens with one attached hydrogen (secondary N) is 1. The molecule has 20 heavy (non-hydrogen) atoms.